The third-order valence-electron chi connectivity index (χ3n) is 2.69. The highest BCUT2D eigenvalue weighted by Crippen LogP contribution is 2.37. The number of aliphatic hydroxyl groups is 1. The molecule has 0 fully saturated rings. The zero-order valence-electron chi connectivity index (χ0n) is 9.50. The van der Waals surface area contributed by atoms with Gasteiger partial charge in [-0.1, -0.05) is 23.7 Å². The van der Waals surface area contributed by atoms with Crippen LogP contribution in [0.4, 0.5) is 0 Å². The van der Waals surface area contributed by atoms with Crippen LogP contribution < -0.4 is 0 Å². The minimum atomic E-state index is -0.623. The van der Waals surface area contributed by atoms with Crippen molar-refractivity contribution in [1.82, 2.24) is 0 Å². The van der Waals surface area contributed by atoms with Crippen LogP contribution >= 0.6 is 38.9 Å². The largest absolute Gasteiger partial charge is 0.383 e. The second kappa shape index (κ2) is 5.11. The van der Waals surface area contributed by atoms with E-state index in [2.05, 4.69) is 15.9 Å². The highest BCUT2D eigenvalue weighted by Gasteiger charge is 2.18. The first-order valence-corrected chi connectivity index (χ1v) is 7.18. The summed E-state index contributed by atoms with van der Waals surface area (Å²) in [5.74, 6) is 0. The quantitative estimate of drug-likeness (QED) is 0.833. The lowest BCUT2D eigenvalue weighted by molar-refractivity contribution is 0.222. The number of aryl methyl sites for hydroxylation is 1. The normalized spacial score (nSPS) is 12.8. The molecule has 1 aromatic carbocycles. The zero-order valence-corrected chi connectivity index (χ0v) is 12.7. The average Bonchev–Trinajstić information content (AvgIpc) is 2.61. The first-order chi connectivity index (χ1) is 8.00. The molecule has 4 heteroatoms. The first-order valence-electron chi connectivity index (χ1n) is 5.19. The van der Waals surface area contributed by atoms with Crippen molar-refractivity contribution >= 4 is 38.9 Å². The number of halogens is 2. The Kier molecular flexibility index (Phi) is 3.93. The van der Waals surface area contributed by atoms with Gasteiger partial charge in [-0.15, -0.1) is 11.3 Å². The van der Waals surface area contributed by atoms with E-state index in [-0.39, 0.29) is 0 Å². The maximum atomic E-state index is 10.4. The minimum absolute atomic E-state index is 0.623. The predicted molar refractivity (Wildman–Crippen MR) is 77.0 cm³/mol. The summed E-state index contributed by atoms with van der Waals surface area (Å²) < 4.78 is 0.951. The van der Waals surface area contributed by atoms with E-state index in [0.29, 0.717) is 5.02 Å². The Labute approximate surface area is 118 Å². The fourth-order valence-electron chi connectivity index (χ4n) is 1.75. The Morgan fingerprint density at radius 3 is 2.65 bits per heavy atom. The van der Waals surface area contributed by atoms with Crippen LogP contribution in [0.3, 0.4) is 0 Å². The van der Waals surface area contributed by atoms with E-state index in [9.17, 15) is 5.11 Å². The SMILES string of the molecule is Cc1cc(Br)c(C(O)c2cccc(Cl)c2C)s1. The highest BCUT2D eigenvalue weighted by atomic mass is 79.9. The van der Waals surface area contributed by atoms with Crippen LogP contribution in [0.1, 0.15) is 27.0 Å². The van der Waals surface area contributed by atoms with Crippen LogP contribution in [-0.2, 0) is 0 Å². The van der Waals surface area contributed by atoms with Gasteiger partial charge < -0.3 is 5.11 Å². The standard InChI is InChI=1S/C13H12BrClOS/c1-7-6-10(14)13(17-7)12(16)9-4-3-5-11(15)8(9)2/h3-6,12,16H,1-2H3. The van der Waals surface area contributed by atoms with E-state index in [0.717, 1.165) is 20.5 Å². The van der Waals surface area contributed by atoms with Gasteiger partial charge in [-0.05, 0) is 53.0 Å². The summed E-state index contributed by atoms with van der Waals surface area (Å²) in [5.41, 5.74) is 1.79. The van der Waals surface area contributed by atoms with Crippen molar-refractivity contribution in [2.45, 2.75) is 20.0 Å². The monoisotopic (exact) mass is 330 g/mol. The molecule has 0 aliphatic carbocycles. The van der Waals surface area contributed by atoms with Crippen molar-refractivity contribution in [3.8, 4) is 0 Å². The van der Waals surface area contributed by atoms with E-state index in [1.165, 1.54) is 4.88 Å². The summed E-state index contributed by atoms with van der Waals surface area (Å²) in [5, 5.41) is 11.1. The molecule has 0 aliphatic rings. The molecule has 0 aliphatic heterocycles. The molecular weight excluding hydrogens is 320 g/mol. The second-order valence-corrected chi connectivity index (χ2v) is 6.48. The summed E-state index contributed by atoms with van der Waals surface area (Å²) >= 11 is 11.1. The maximum absolute atomic E-state index is 10.4. The van der Waals surface area contributed by atoms with Gasteiger partial charge in [0.1, 0.15) is 6.10 Å². The van der Waals surface area contributed by atoms with Gasteiger partial charge in [-0.3, -0.25) is 0 Å². The lowest BCUT2D eigenvalue weighted by atomic mass is 10.0. The van der Waals surface area contributed by atoms with Gasteiger partial charge in [-0.25, -0.2) is 0 Å². The third kappa shape index (κ3) is 2.58. The molecule has 1 heterocycles. The molecule has 17 heavy (non-hydrogen) atoms. The molecule has 1 atom stereocenters. The van der Waals surface area contributed by atoms with Gasteiger partial charge >= 0.3 is 0 Å². The Balaban J connectivity index is 2.47. The average molecular weight is 332 g/mol. The number of aliphatic hydroxyl groups excluding tert-OH is 1. The van der Waals surface area contributed by atoms with Crippen molar-refractivity contribution in [2.24, 2.45) is 0 Å². The van der Waals surface area contributed by atoms with Crippen LogP contribution in [-0.4, -0.2) is 5.11 Å². The minimum Gasteiger partial charge on any atom is -0.383 e. The number of hydrogen-bond acceptors (Lipinski definition) is 2. The zero-order chi connectivity index (χ0) is 12.6. The Morgan fingerprint density at radius 2 is 2.06 bits per heavy atom. The van der Waals surface area contributed by atoms with Crippen LogP contribution in [0.25, 0.3) is 0 Å². The van der Waals surface area contributed by atoms with Crippen LogP contribution in [0.2, 0.25) is 5.02 Å². The molecule has 2 aromatic rings. The van der Waals surface area contributed by atoms with Gasteiger partial charge in [0, 0.05) is 14.4 Å². The molecule has 1 unspecified atom stereocenters. The lowest BCUT2D eigenvalue weighted by Crippen LogP contribution is -2.00. The molecule has 0 radical (unpaired) electrons. The number of rotatable bonds is 2. The van der Waals surface area contributed by atoms with E-state index in [1.54, 1.807) is 11.3 Å². The predicted octanol–water partition coefficient (Wildman–Crippen LogP) is 4.86. The molecule has 0 amide bonds. The number of benzene rings is 1. The summed E-state index contributed by atoms with van der Waals surface area (Å²) in [7, 11) is 0. The summed E-state index contributed by atoms with van der Waals surface area (Å²) in [6.45, 7) is 3.95. The molecule has 0 saturated carbocycles. The molecule has 0 bridgehead atoms. The van der Waals surface area contributed by atoms with Gasteiger partial charge in [0.2, 0.25) is 0 Å². The van der Waals surface area contributed by atoms with Crippen molar-refractivity contribution < 1.29 is 5.11 Å². The van der Waals surface area contributed by atoms with E-state index in [1.807, 2.05) is 38.1 Å². The van der Waals surface area contributed by atoms with E-state index >= 15 is 0 Å². The lowest BCUT2D eigenvalue weighted by Gasteiger charge is -2.13. The molecule has 1 aromatic heterocycles. The summed E-state index contributed by atoms with van der Waals surface area (Å²) in [4.78, 5) is 2.10. The van der Waals surface area contributed by atoms with Crippen molar-refractivity contribution in [3.05, 3.63) is 54.6 Å². The fraction of sp³-hybridized carbons (Fsp3) is 0.231. The van der Waals surface area contributed by atoms with Crippen molar-refractivity contribution in [1.29, 1.82) is 0 Å². The topological polar surface area (TPSA) is 20.2 Å². The van der Waals surface area contributed by atoms with Crippen LogP contribution in [0.5, 0.6) is 0 Å². The molecule has 2 rings (SSSR count). The fourth-order valence-corrected chi connectivity index (χ4v) is 3.80. The molecule has 90 valence electrons. The Morgan fingerprint density at radius 1 is 1.35 bits per heavy atom. The summed E-state index contributed by atoms with van der Waals surface area (Å²) in [6, 6.07) is 7.63. The third-order valence-corrected chi connectivity index (χ3v) is 5.12. The van der Waals surface area contributed by atoms with E-state index in [4.69, 9.17) is 11.6 Å². The molecule has 0 spiro atoms. The second-order valence-electron chi connectivity index (χ2n) is 3.93. The van der Waals surface area contributed by atoms with Gasteiger partial charge in [0.05, 0.1) is 4.88 Å². The first kappa shape index (κ1) is 13.1. The van der Waals surface area contributed by atoms with Gasteiger partial charge in [-0.2, -0.15) is 0 Å². The maximum Gasteiger partial charge on any atom is 0.115 e. The smallest absolute Gasteiger partial charge is 0.115 e. The number of thiophene rings is 1. The van der Waals surface area contributed by atoms with Crippen LogP contribution in [0.15, 0.2) is 28.7 Å². The van der Waals surface area contributed by atoms with Gasteiger partial charge in [0.15, 0.2) is 0 Å². The van der Waals surface area contributed by atoms with Crippen LogP contribution in [0, 0.1) is 13.8 Å². The molecule has 1 N–H and O–H groups in total. The highest BCUT2D eigenvalue weighted by molar-refractivity contribution is 9.10. The van der Waals surface area contributed by atoms with Crippen molar-refractivity contribution in [3.63, 3.8) is 0 Å². The summed E-state index contributed by atoms with van der Waals surface area (Å²) in [6.07, 6.45) is -0.623. The molecule has 0 saturated heterocycles. The molecule has 1 nitrogen and oxygen atoms in total. The van der Waals surface area contributed by atoms with E-state index < -0.39 is 6.10 Å². The molecular formula is C13H12BrClOS. The number of hydrogen-bond donors (Lipinski definition) is 1. The Bertz CT molecular complexity index is 550. The van der Waals surface area contributed by atoms with Gasteiger partial charge in [0.25, 0.3) is 0 Å². The van der Waals surface area contributed by atoms with Crippen molar-refractivity contribution in [2.75, 3.05) is 0 Å². The Hall–Kier alpha value is -0.350.